The Labute approximate surface area is 95.8 Å². The number of hydrogen-bond donors (Lipinski definition) is 0. The molecule has 0 N–H and O–H groups in total. The lowest BCUT2D eigenvalue weighted by Gasteiger charge is -2.36. The van der Waals surface area contributed by atoms with Gasteiger partial charge in [0.15, 0.2) is 0 Å². The van der Waals surface area contributed by atoms with Gasteiger partial charge in [0.25, 0.3) is 0 Å². The summed E-state index contributed by atoms with van der Waals surface area (Å²) in [7, 11) is 0. The molecule has 15 heavy (non-hydrogen) atoms. The van der Waals surface area contributed by atoms with Crippen LogP contribution in [0.15, 0.2) is 0 Å². The van der Waals surface area contributed by atoms with Crippen LogP contribution in [0.5, 0.6) is 0 Å². The predicted octanol–water partition coefficient (Wildman–Crippen LogP) is 4.35. The third kappa shape index (κ3) is 2.57. The maximum atomic E-state index is 5.76. The van der Waals surface area contributed by atoms with E-state index in [2.05, 4.69) is 47.5 Å². The minimum Gasteiger partial charge on any atom is -0.120 e. The monoisotopic (exact) mass is 206 g/mol. The quantitative estimate of drug-likeness (QED) is 0.517. The summed E-state index contributed by atoms with van der Waals surface area (Å²) in [6.45, 7) is 14.0. The molecule has 0 radical (unpaired) electrons. The molecule has 1 aliphatic rings. The highest BCUT2D eigenvalue weighted by atomic mass is 14.5. The van der Waals surface area contributed by atoms with E-state index in [0.29, 0.717) is 28.6 Å². The third-order valence-electron chi connectivity index (χ3n) is 4.07. The zero-order valence-corrected chi connectivity index (χ0v) is 11.2. The fourth-order valence-corrected chi connectivity index (χ4v) is 3.17. The van der Waals surface area contributed by atoms with Gasteiger partial charge in [0.05, 0.1) is 0 Å². The maximum Gasteiger partial charge on any atom is 0.0266 e. The molecule has 1 rings (SSSR count). The van der Waals surface area contributed by atoms with Crippen molar-refractivity contribution in [3.8, 4) is 12.3 Å². The van der Waals surface area contributed by atoms with Crippen LogP contribution >= 0.6 is 0 Å². The van der Waals surface area contributed by atoms with E-state index in [1.165, 1.54) is 12.8 Å². The van der Waals surface area contributed by atoms with Crippen LogP contribution in [-0.4, -0.2) is 0 Å². The molecule has 0 aromatic carbocycles. The van der Waals surface area contributed by atoms with Crippen molar-refractivity contribution in [2.24, 2.45) is 28.6 Å². The highest BCUT2D eigenvalue weighted by Crippen LogP contribution is 2.51. The molecule has 1 saturated carbocycles. The zero-order chi connectivity index (χ0) is 11.9. The van der Waals surface area contributed by atoms with Crippen LogP contribution in [0, 0.1) is 40.9 Å². The zero-order valence-electron chi connectivity index (χ0n) is 11.2. The predicted molar refractivity (Wildman–Crippen MR) is 67.4 cm³/mol. The molecule has 0 nitrogen and oxygen atoms in total. The highest BCUT2D eigenvalue weighted by molar-refractivity contribution is 5.08. The van der Waals surface area contributed by atoms with Crippen molar-refractivity contribution in [2.75, 3.05) is 0 Å². The van der Waals surface area contributed by atoms with Gasteiger partial charge in [0.2, 0.25) is 0 Å². The van der Waals surface area contributed by atoms with E-state index in [1.807, 2.05) is 0 Å². The molecule has 1 fully saturated rings. The van der Waals surface area contributed by atoms with E-state index in [0.717, 1.165) is 0 Å². The highest BCUT2D eigenvalue weighted by Gasteiger charge is 2.45. The first-order valence-electron chi connectivity index (χ1n) is 6.14. The molecule has 2 atom stereocenters. The van der Waals surface area contributed by atoms with Crippen LogP contribution in [-0.2, 0) is 0 Å². The SMILES string of the molecule is C#CC1C(C(C)(C)C)CCC1C(C)(C)C. The van der Waals surface area contributed by atoms with Gasteiger partial charge in [0.1, 0.15) is 0 Å². The van der Waals surface area contributed by atoms with Gasteiger partial charge in [-0.25, -0.2) is 0 Å². The van der Waals surface area contributed by atoms with Crippen molar-refractivity contribution in [3.63, 3.8) is 0 Å². The van der Waals surface area contributed by atoms with Crippen LogP contribution in [0.3, 0.4) is 0 Å². The fraction of sp³-hybridized carbons (Fsp3) is 0.867. The Morgan fingerprint density at radius 1 is 0.867 bits per heavy atom. The van der Waals surface area contributed by atoms with Crippen LogP contribution in [0.4, 0.5) is 0 Å². The maximum absolute atomic E-state index is 5.76. The molecule has 0 heteroatoms. The molecule has 86 valence electrons. The lowest BCUT2D eigenvalue weighted by Crippen LogP contribution is -2.30. The molecule has 0 aliphatic heterocycles. The minimum atomic E-state index is 0.358. The van der Waals surface area contributed by atoms with Crippen molar-refractivity contribution in [1.82, 2.24) is 0 Å². The third-order valence-corrected chi connectivity index (χ3v) is 4.07. The van der Waals surface area contributed by atoms with Gasteiger partial charge >= 0.3 is 0 Å². The smallest absolute Gasteiger partial charge is 0.0266 e. The van der Waals surface area contributed by atoms with Gasteiger partial charge in [-0.05, 0) is 35.5 Å². The second-order valence-corrected chi connectivity index (χ2v) is 7.21. The largest absolute Gasteiger partial charge is 0.120 e. The Hall–Kier alpha value is -0.440. The summed E-state index contributed by atoms with van der Waals surface area (Å²) in [5.74, 6) is 4.96. The first-order chi connectivity index (χ1) is 6.68. The van der Waals surface area contributed by atoms with Crippen molar-refractivity contribution in [1.29, 1.82) is 0 Å². The normalized spacial score (nSPS) is 32.7. The molecule has 0 saturated heterocycles. The second-order valence-electron chi connectivity index (χ2n) is 7.21. The molecule has 0 amide bonds. The first-order valence-corrected chi connectivity index (χ1v) is 6.14. The Balaban J connectivity index is 2.90. The van der Waals surface area contributed by atoms with Crippen molar-refractivity contribution in [2.45, 2.75) is 54.4 Å². The van der Waals surface area contributed by atoms with Crippen LogP contribution < -0.4 is 0 Å². The van der Waals surface area contributed by atoms with Gasteiger partial charge in [-0.15, -0.1) is 12.3 Å². The Morgan fingerprint density at radius 2 is 1.20 bits per heavy atom. The van der Waals surface area contributed by atoms with Crippen LogP contribution in [0.1, 0.15) is 54.4 Å². The molecule has 0 heterocycles. The summed E-state index contributed by atoms with van der Waals surface area (Å²) in [5, 5.41) is 0. The topological polar surface area (TPSA) is 0 Å². The number of rotatable bonds is 0. The lowest BCUT2D eigenvalue weighted by atomic mass is 9.68. The van der Waals surface area contributed by atoms with Gasteiger partial charge < -0.3 is 0 Å². The molecule has 0 spiro atoms. The summed E-state index contributed by atoms with van der Waals surface area (Å²) in [4.78, 5) is 0. The summed E-state index contributed by atoms with van der Waals surface area (Å²) in [6.07, 6.45) is 8.37. The molecule has 0 bridgehead atoms. The van der Waals surface area contributed by atoms with E-state index in [4.69, 9.17) is 6.42 Å². The van der Waals surface area contributed by atoms with E-state index >= 15 is 0 Å². The molecule has 1 aliphatic carbocycles. The minimum absolute atomic E-state index is 0.358. The second kappa shape index (κ2) is 3.85. The molecule has 2 unspecified atom stereocenters. The summed E-state index contributed by atoms with van der Waals surface area (Å²) >= 11 is 0. The number of hydrogen-bond acceptors (Lipinski definition) is 0. The molecule has 0 aromatic rings. The first kappa shape index (κ1) is 12.6. The van der Waals surface area contributed by atoms with Crippen molar-refractivity contribution in [3.05, 3.63) is 0 Å². The van der Waals surface area contributed by atoms with Crippen LogP contribution in [0.2, 0.25) is 0 Å². The Kier molecular flexibility index (Phi) is 3.24. The van der Waals surface area contributed by atoms with Gasteiger partial charge in [0, 0.05) is 5.92 Å². The number of terminal acetylenes is 1. The average Bonchev–Trinajstić information content (AvgIpc) is 2.43. The van der Waals surface area contributed by atoms with E-state index in [9.17, 15) is 0 Å². The van der Waals surface area contributed by atoms with Crippen LogP contribution in [0.25, 0.3) is 0 Å². The Bertz CT molecular complexity index is 231. The standard InChI is InChI=1S/C15H26/c1-8-11-12(14(2,3)4)9-10-13(11)15(5,6)7/h1,11-13H,9-10H2,2-7H3. The van der Waals surface area contributed by atoms with E-state index < -0.39 is 0 Å². The molecule has 0 aromatic heterocycles. The van der Waals surface area contributed by atoms with E-state index in [-0.39, 0.29) is 0 Å². The lowest BCUT2D eigenvalue weighted by molar-refractivity contribution is 0.151. The average molecular weight is 206 g/mol. The molecular formula is C15H26. The summed E-state index contributed by atoms with van der Waals surface area (Å²) < 4.78 is 0. The van der Waals surface area contributed by atoms with Crippen molar-refractivity contribution >= 4 is 0 Å². The van der Waals surface area contributed by atoms with Gasteiger partial charge in [-0.1, -0.05) is 41.5 Å². The van der Waals surface area contributed by atoms with Crippen molar-refractivity contribution < 1.29 is 0 Å². The molecular weight excluding hydrogens is 180 g/mol. The van der Waals surface area contributed by atoms with Gasteiger partial charge in [-0.3, -0.25) is 0 Å². The summed E-state index contributed by atoms with van der Waals surface area (Å²) in [5.41, 5.74) is 0.716. The summed E-state index contributed by atoms with van der Waals surface area (Å²) in [6, 6.07) is 0. The Morgan fingerprint density at radius 3 is 1.40 bits per heavy atom. The fourth-order valence-electron chi connectivity index (χ4n) is 3.17. The van der Waals surface area contributed by atoms with E-state index in [1.54, 1.807) is 0 Å². The van der Waals surface area contributed by atoms with Gasteiger partial charge in [-0.2, -0.15) is 0 Å².